The smallest absolute Gasteiger partial charge is 0.218 e. The number of pyridine rings is 1. The fourth-order valence-corrected chi connectivity index (χ4v) is 2.40. The number of aromatic nitrogens is 1. The number of rotatable bonds is 3. The molecular weight excluding hydrogens is 200 g/mol. The summed E-state index contributed by atoms with van der Waals surface area (Å²) in [6.07, 6.45) is 7.48. The number of nitrogens with two attached hydrogens (primary N) is 1. The van der Waals surface area contributed by atoms with E-state index >= 15 is 0 Å². The number of nitrogens with zero attached hydrogens (tertiary/aromatic N) is 1. The molecule has 0 atom stereocenters. The number of ether oxygens (including phenoxy) is 1. The highest BCUT2D eigenvalue weighted by Crippen LogP contribution is 2.30. The molecule has 0 unspecified atom stereocenters. The fraction of sp³-hybridized carbons (Fsp3) is 0.615. The van der Waals surface area contributed by atoms with Gasteiger partial charge in [-0.05, 0) is 50.2 Å². The van der Waals surface area contributed by atoms with Crippen molar-refractivity contribution in [3.8, 4) is 5.88 Å². The Morgan fingerprint density at radius 1 is 1.31 bits per heavy atom. The van der Waals surface area contributed by atoms with Crippen molar-refractivity contribution in [3.63, 3.8) is 0 Å². The van der Waals surface area contributed by atoms with Crippen LogP contribution in [0.15, 0.2) is 6.07 Å². The first-order chi connectivity index (χ1) is 7.86. The molecule has 0 amide bonds. The maximum Gasteiger partial charge on any atom is 0.218 e. The van der Waals surface area contributed by atoms with Crippen molar-refractivity contribution in [2.45, 2.75) is 51.2 Å². The maximum atomic E-state index is 5.91. The van der Waals surface area contributed by atoms with Gasteiger partial charge >= 0.3 is 0 Å². The minimum absolute atomic E-state index is 0.386. The molecule has 0 aliphatic heterocycles. The third kappa shape index (κ3) is 1.69. The average molecular weight is 218 g/mol. The topological polar surface area (TPSA) is 48.1 Å². The molecule has 2 N–H and O–H groups in total. The molecule has 3 heteroatoms. The minimum Gasteiger partial charge on any atom is -0.474 e. The Morgan fingerprint density at radius 3 is 2.88 bits per heavy atom. The number of fused-ring (bicyclic) bond motifs is 1. The molecule has 0 radical (unpaired) electrons. The van der Waals surface area contributed by atoms with Crippen molar-refractivity contribution in [2.75, 3.05) is 0 Å². The lowest BCUT2D eigenvalue weighted by molar-refractivity contribution is 0.113. The van der Waals surface area contributed by atoms with E-state index in [4.69, 9.17) is 10.5 Å². The summed E-state index contributed by atoms with van der Waals surface area (Å²) in [4.78, 5) is 4.64. The second kappa shape index (κ2) is 4.06. The van der Waals surface area contributed by atoms with E-state index in [2.05, 4.69) is 11.1 Å². The highest BCUT2D eigenvalue weighted by molar-refractivity contribution is 5.36. The molecule has 3 rings (SSSR count). The van der Waals surface area contributed by atoms with E-state index in [0.717, 1.165) is 24.3 Å². The molecule has 0 aromatic carbocycles. The van der Waals surface area contributed by atoms with Gasteiger partial charge in [-0.15, -0.1) is 0 Å². The second-order valence-electron chi connectivity index (χ2n) is 4.79. The van der Waals surface area contributed by atoms with Gasteiger partial charge in [0.15, 0.2) is 0 Å². The van der Waals surface area contributed by atoms with Crippen molar-refractivity contribution < 1.29 is 4.74 Å². The Bertz CT molecular complexity index is 399. The highest BCUT2D eigenvalue weighted by Gasteiger charge is 2.23. The molecule has 2 aliphatic carbocycles. The van der Waals surface area contributed by atoms with Gasteiger partial charge in [0, 0.05) is 17.8 Å². The minimum atomic E-state index is 0.386. The van der Waals surface area contributed by atoms with Crippen LogP contribution in [-0.2, 0) is 19.4 Å². The second-order valence-corrected chi connectivity index (χ2v) is 4.79. The van der Waals surface area contributed by atoms with Crippen molar-refractivity contribution in [1.82, 2.24) is 4.98 Å². The summed E-state index contributed by atoms with van der Waals surface area (Å²) in [6, 6.07) is 2.20. The lowest BCUT2D eigenvalue weighted by Crippen LogP contribution is -2.26. The zero-order valence-electron chi connectivity index (χ0n) is 9.54. The van der Waals surface area contributed by atoms with Crippen LogP contribution in [0.3, 0.4) is 0 Å². The van der Waals surface area contributed by atoms with Gasteiger partial charge in [-0.25, -0.2) is 4.98 Å². The Labute approximate surface area is 96.0 Å². The molecule has 1 saturated carbocycles. The molecule has 16 heavy (non-hydrogen) atoms. The van der Waals surface area contributed by atoms with E-state index < -0.39 is 0 Å². The standard InChI is InChI=1S/C13H18N2O/c14-8-10-7-9-3-1-6-12(9)15-13(10)16-11-4-2-5-11/h7,11H,1-6,8,14H2. The Balaban J connectivity index is 1.89. The van der Waals surface area contributed by atoms with E-state index in [1.807, 2.05) is 0 Å². The molecule has 0 bridgehead atoms. The quantitative estimate of drug-likeness (QED) is 0.843. The predicted molar refractivity (Wildman–Crippen MR) is 62.4 cm³/mol. The van der Waals surface area contributed by atoms with Crippen LogP contribution in [0.1, 0.15) is 42.5 Å². The lowest BCUT2D eigenvalue weighted by atomic mass is 9.96. The Kier molecular flexibility index (Phi) is 2.56. The summed E-state index contributed by atoms with van der Waals surface area (Å²) in [7, 11) is 0. The number of hydrogen-bond donors (Lipinski definition) is 1. The summed E-state index contributed by atoms with van der Waals surface area (Å²) >= 11 is 0. The monoisotopic (exact) mass is 218 g/mol. The molecule has 86 valence electrons. The highest BCUT2D eigenvalue weighted by atomic mass is 16.5. The largest absolute Gasteiger partial charge is 0.474 e. The first-order valence-electron chi connectivity index (χ1n) is 6.25. The SMILES string of the molecule is NCc1cc2c(nc1OC1CCC1)CCC2. The van der Waals surface area contributed by atoms with E-state index in [0.29, 0.717) is 12.6 Å². The normalized spacial score (nSPS) is 19.3. The molecule has 0 spiro atoms. The molecule has 1 aromatic rings. The summed E-state index contributed by atoms with van der Waals surface area (Å²) in [5.74, 6) is 0.799. The van der Waals surface area contributed by atoms with Gasteiger partial charge in [-0.2, -0.15) is 0 Å². The van der Waals surface area contributed by atoms with Crippen LogP contribution in [0.2, 0.25) is 0 Å². The van der Waals surface area contributed by atoms with Crippen molar-refractivity contribution in [3.05, 3.63) is 22.9 Å². The molecular formula is C13H18N2O. The molecule has 1 aromatic heterocycles. The van der Waals surface area contributed by atoms with Gasteiger partial charge in [0.1, 0.15) is 6.10 Å². The summed E-state index contributed by atoms with van der Waals surface area (Å²) in [5.41, 5.74) is 9.44. The van der Waals surface area contributed by atoms with Crippen LogP contribution in [0.4, 0.5) is 0 Å². The van der Waals surface area contributed by atoms with Crippen LogP contribution in [-0.4, -0.2) is 11.1 Å². The third-order valence-electron chi connectivity index (χ3n) is 3.64. The zero-order valence-corrected chi connectivity index (χ0v) is 9.54. The van der Waals surface area contributed by atoms with E-state index in [9.17, 15) is 0 Å². The van der Waals surface area contributed by atoms with Gasteiger partial charge in [0.2, 0.25) is 5.88 Å². The molecule has 3 nitrogen and oxygen atoms in total. The van der Waals surface area contributed by atoms with Crippen molar-refractivity contribution in [1.29, 1.82) is 0 Å². The van der Waals surface area contributed by atoms with Crippen LogP contribution < -0.4 is 10.5 Å². The molecule has 0 saturated heterocycles. The summed E-state index contributed by atoms with van der Waals surface area (Å²) in [5, 5.41) is 0. The Morgan fingerprint density at radius 2 is 2.19 bits per heavy atom. The summed E-state index contributed by atoms with van der Waals surface area (Å²) in [6.45, 7) is 0.530. The van der Waals surface area contributed by atoms with Gasteiger partial charge in [-0.3, -0.25) is 0 Å². The van der Waals surface area contributed by atoms with Crippen LogP contribution in [0, 0.1) is 0 Å². The van der Waals surface area contributed by atoms with Crippen molar-refractivity contribution >= 4 is 0 Å². The fourth-order valence-electron chi connectivity index (χ4n) is 2.40. The number of aryl methyl sites for hydroxylation is 2. The van der Waals surface area contributed by atoms with Crippen LogP contribution >= 0.6 is 0 Å². The van der Waals surface area contributed by atoms with Gasteiger partial charge < -0.3 is 10.5 Å². The average Bonchev–Trinajstić information content (AvgIpc) is 2.68. The van der Waals surface area contributed by atoms with Gasteiger partial charge in [-0.1, -0.05) is 0 Å². The van der Waals surface area contributed by atoms with E-state index in [-0.39, 0.29) is 0 Å². The lowest BCUT2D eigenvalue weighted by Gasteiger charge is -2.27. The molecule has 1 fully saturated rings. The summed E-state index contributed by atoms with van der Waals surface area (Å²) < 4.78 is 5.91. The van der Waals surface area contributed by atoms with Gasteiger partial charge in [0.05, 0.1) is 0 Å². The molecule has 1 heterocycles. The van der Waals surface area contributed by atoms with E-state index in [1.54, 1.807) is 0 Å². The first-order valence-corrected chi connectivity index (χ1v) is 6.25. The molecule has 2 aliphatic rings. The number of hydrogen-bond acceptors (Lipinski definition) is 3. The van der Waals surface area contributed by atoms with Crippen LogP contribution in [0.25, 0.3) is 0 Å². The zero-order chi connectivity index (χ0) is 11.0. The maximum absolute atomic E-state index is 5.91. The third-order valence-corrected chi connectivity index (χ3v) is 3.64. The van der Waals surface area contributed by atoms with E-state index in [1.165, 1.54) is 36.9 Å². The van der Waals surface area contributed by atoms with Gasteiger partial charge in [0.25, 0.3) is 0 Å². The Hall–Kier alpha value is -1.09. The van der Waals surface area contributed by atoms with Crippen LogP contribution in [0.5, 0.6) is 5.88 Å². The van der Waals surface area contributed by atoms with Crippen molar-refractivity contribution in [2.24, 2.45) is 5.73 Å². The predicted octanol–water partition coefficient (Wildman–Crippen LogP) is 1.96. The first kappa shape index (κ1) is 10.1.